The molecule has 0 aromatic carbocycles. The van der Waals surface area contributed by atoms with E-state index in [0.29, 0.717) is 0 Å². The van der Waals surface area contributed by atoms with Crippen LogP contribution in [-0.2, 0) is 58.3 Å². The van der Waals surface area contributed by atoms with Gasteiger partial charge in [-0.1, -0.05) is 0 Å². The van der Waals surface area contributed by atoms with Gasteiger partial charge in [-0.2, -0.15) is 0 Å². The molecule has 0 N–H and O–H groups in total. The van der Waals surface area contributed by atoms with Gasteiger partial charge in [-0.3, -0.25) is 0 Å². The van der Waals surface area contributed by atoms with Crippen LogP contribution in [0.15, 0.2) is 15.3 Å². The van der Waals surface area contributed by atoms with Gasteiger partial charge < -0.3 is 0 Å². The summed E-state index contributed by atoms with van der Waals surface area (Å²) in [5, 5.41) is 0. The zero-order valence-corrected chi connectivity index (χ0v) is 12.7. The van der Waals surface area contributed by atoms with Gasteiger partial charge in [0.05, 0.1) is 0 Å². The molecule has 0 fully saturated rings. The van der Waals surface area contributed by atoms with E-state index < -0.39 is 0 Å². The molecule has 0 amide bonds. The predicted molar refractivity (Wildman–Crippen MR) is 22.6 cm³/mol. The predicted octanol–water partition coefficient (Wildman–Crippen LogP) is 0.299. The molecular formula is C4H3NW3. The van der Waals surface area contributed by atoms with Crippen LogP contribution in [0.25, 0.3) is 0 Å². The number of hydrogen-bond acceptors (Lipinski definition) is 1. The van der Waals surface area contributed by atoms with Crippen LogP contribution in [0, 0.1) is 0 Å². The molecule has 42 valence electrons. The third kappa shape index (κ3) is 4.25. The summed E-state index contributed by atoms with van der Waals surface area (Å²) in [6.45, 7) is 0. The Morgan fingerprint density at radius 2 is 2.00 bits per heavy atom. The molecule has 0 atom stereocenters. The van der Waals surface area contributed by atoms with Gasteiger partial charge in [0.25, 0.3) is 0 Å². The summed E-state index contributed by atoms with van der Waals surface area (Å²) >= 11 is 4.22. The third-order valence-corrected chi connectivity index (χ3v) is 2.58. The van der Waals surface area contributed by atoms with Crippen molar-refractivity contribution < 1.29 is 58.3 Å². The first-order valence-electron chi connectivity index (χ1n) is 1.79. The van der Waals surface area contributed by atoms with E-state index in [0.717, 1.165) is 5.70 Å². The van der Waals surface area contributed by atoms with Gasteiger partial charge in [0, 0.05) is 0 Å². The van der Waals surface area contributed by atoms with Gasteiger partial charge in [0.1, 0.15) is 0 Å². The van der Waals surface area contributed by atoms with Crippen LogP contribution >= 0.6 is 0 Å². The normalized spacial score (nSPS) is 10.2. The summed E-state index contributed by atoms with van der Waals surface area (Å²) < 4.78 is 8.26. The summed E-state index contributed by atoms with van der Waals surface area (Å²) in [5.74, 6) is 0. The number of rotatable bonds is 3. The van der Waals surface area contributed by atoms with Crippen LogP contribution in [0.3, 0.4) is 0 Å². The van der Waals surface area contributed by atoms with Crippen LogP contribution in [-0.4, -0.2) is 8.80 Å². The first kappa shape index (κ1) is 9.34. The molecule has 8 heavy (non-hydrogen) atoms. The maximum atomic E-state index is 4.09. The van der Waals surface area contributed by atoms with Crippen molar-refractivity contribution in [2.24, 2.45) is 3.50 Å². The summed E-state index contributed by atoms with van der Waals surface area (Å²) in [6.07, 6.45) is 2.05. The standard InChI is InChI=1S/C4H3N.3W/c1-3-4(2)5;;;/h1-3H;;;. The number of hydrogen-bond donors (Lipinski definition) is 0. The van der Waals surface area contributed by atoms with Crippen molar-refractivity contribution in [2.45, 2.75) is 0 Å². The molecular weight excluding hydrogens is 614 g/mol. The Hall–Kier alpha value is 1.34. The van der Waals surface area contributed by atoms with Crippen molar-refractivity contribution in [3.05, 3.63) is 11.8 Å². The van der Waals surface area contributed by atoms with Crippen molar-refractivity contribution >= 4 is 8.80 Å². The van der Waals surface area contributed by atoms with Gasteiger partial charge in [-0.05, 0) is 0 Å². The second-order valence-corrected chi connectivity index (χ2v) is 3.42. The van der Waals surface area contributed by atoms with Crippen molar-refractivity contribution in [3.63, 3.8) is 0 Å². The molecule has 0 rings (SSSR count). The Morgan fingerprint density at radius 1 is 1.38 bits per heavy atom. The molecule has 0 unspecified atom stereocenters. The number of nitrogens with zero attached hydrogens (tertiary/aromatic N) is 1. The summed E-state index contributed by atoms with van der Waals surface area (Å²) in [7, 11) is 0. The molecule has 0 aromatic rings. The van der Waals surface area contributed by atoms with Crippen LogP contribution in [0.5, 0.6) is 0 Å². The molecule has 0 aromatic heterocycles. The third-order valence-electron chi connectivity index (χ3n) is 0.465. The van der Waals surface area contributed by atoms with E-state index in [1.807, 2.05) is 0 Å². The average molecular weight is 617 g/mol. The van der Waals surface area contributed by atoms with E-state index in [2.05, 4.69) is 18.4 Å². The van der Waals surface area contributed by atoms with Crippen molar-refractivity contribution in [3.8, 4) is 0 Å². The van der Waals surface area contributed by atoms with Gasteiger partial charge in [0.15, 0.2) is 0 Å². The van der Waals surface area contributed by atoms with E-state index in [1.165, 1.54) is 58.3 Å². The van der Waals surface area contributed by atoms with E-state index in [1.54, 1.807) is 0 Å². The summed E-state index contributed by atoms with van der Waals surface area (Å²) in [5.41, 5.74) is 1.13. The fraction of sp³-hybridized carbons (Fsp3) is 0. The first-order valence-corrected chi connectivity index (χ1v) is 6.49. The Kier molecular flexibility index (Phi) is 7.55. The molecule has 1 nitrogen and oxygen atoms in total. The van der Waals surface area contributed by atoms with Gasteiger partial charge in [-0.25, -0.2) is 0 Å². The van der Waals surface area contributed by atoms with Crippen molar-refractivity contribution in [2.75, 3.05) is 0 Å². The molecule has 0 spiro atoms. The minimum absolute atomic E-state index is 1.13. The molecule has 0 saturated carbocycles. The van der Waals surface area contributed by atoms with Gasteiger partial charge >= 0.3 is 82.4 Å². The molecule has 4 heteroatoms. The van der Waals surface area contributed by atoms with E-state index in [-0.39, 0.29) is 0 Å². The van der Waals surface area contributed by atoms with E-state index in [9.17, 15) is 0 Å². The monoisotopic (exact) mass is 617 g/mol. The molecule has 0 saturated heterocycles. The van der Waals surface area contributed by atoms with Gasteiger partial charge in [-0.15, -0.1) is 0 Å². The minimum atomic E-state index is 1.13. The van der Waals surface area contributed by atoms with Crippen LogP contribution < -0.4 is 0 Å². The van der Waals surface area contributed by atoms with Crippen molar-refractivity contribution in [1.82, 2.24) is 0 Å². The SMILES string of the molecule is [W]=[CH]C=C([CH]=[W])[N]=[W]. The topological polar surface area (TPSA) is 12.4 Å². The fourth-order valence-electron chi connectivity index (χ4n) is 0.161. The zero-order valence-electron chi connectivity index (χ0n) is 3.90. The van der Waals surface area contributed by atoms with Crippen LogP contribution in [0.2, 0.25) is 0 Å². The Balaban J connectivity index is 4.05. The quantitative estimate of drug-likeness (QED) is 0.433. The molecule has 0 aliphatic heterocycles. The Morgan fingerprint density at radius 3 is 2.12 bits per heavy atom. The maximum absolute atomic E-state index is 4.09. The van der Waals surface area contributed by atoms with E-state index >= 15 is 0 Å². The first-order chi connectivity index (χ1) is 3.85. The Bertz CT molecular complexity index is 128. The molecule has 0 aliphatic carbocycles. The molecule has 0 aliphatic rings. The van der Waals surface area contributed by atoms with Gasteiger partial charge in [0.2, 0.25) is 0 Å². The molecule has 0 heterocycles. The fourth-order valence-corrected chi connectivity index (χ4v) is 2.58. The summed E-state index contributed by atoms with van der Waals surface area (Å²) in [6, 6.07) is 0. The zero-order chi connectivity index (χ0) is 6.41. The van der Waals surface area contributed by atoms with Crippen LogP contribution in [0.4, 0.5) is 0 Å². The molecule has 0 radical (unpaired) electrons. The second-order valence-electron chi connectivity index (χ2n) is 0.937. The molecule has 0 bridgehead atoms. The van der Waals surface area contributed by atoms with Crippen molar-refractivity contribution in [1.29, 1.82) is 0 Å². The summed E-state index contributed by atoms with van der Waals surface area (Å²) in [4.78, 5) is 0. The van der Waals surface area contributed by atoms with Crippen LogP contribution in [0.1, 0.15) is 0 Å². The average Bonchev–Trinajstić information content (AvgIpc) is 1.83. The number of allylic oxidation sites excluding steroid dienone is 2. The van der Waals surface area contributed by atoms with E-state index in [4.69, 9.17) is 0 Å². The second kappa shape index (κ2) is 6.46. The Labute approximate surface area is 81.5 Å².